The van der Waals surface area contributed by atoms with Crippen molar-refractivity contribution in [2.45, 2.75) is 6.61 Å². The maximum atomic E-state index is 5.67. The number of anilines is 1. The summed E-state index contributed by atoms with van der Waals surface area (Å²) in [5.74, 6) is 0.775. The summed E-state index contributed by atoms with van der Waals surface area (Å²) >= 11 is 6.82. The Balaban J connectivity index is 2.07. The standard InChI is InChI=1S/C12H10Br2N2O/c13-8-1-2-12(11(14)5-8)17-7-10-6-9(15)3-4-16-10/h1-6H,7H2,(H2,15,16). The minimum atomic E-state index is 0.394. The van der Waals surface area contributed by atoms with Gasteiger partial charge in [0, 0.05) is 16.4 Å². The van der Waals surface area contributed by atoms with Gasteiger partial charge < -0.3 is 10.5 Å². The Hall–Kier alpha value is -1.07. The molecule has 0 saturated heterocycles. The van der Waals surface area contributed by atoms with Crippen molar-refractivity contribution in [2.75, 3.05) is 5.73 Å². The molecule has 17 heavy (non-hydrogen) atoms. The Morgan fingerprint density at radius 3 is 2.71 bits per heavy atom. The van der Waals surface area contributed by atoms with Crippen LogP contribution in [-0.2, 0) is 6.61 Å². The van der Waals surface area contributed by atoms with Crippen LogP contribution >= 0.6 is 31.9 Å². The number of ether oxygens (including phenoxy) is 1. The van der Waals surface area contributed by atoms with Gasteiger partial charge in [0.25, 0.3) is 0 Å². The van der Waals surface area contributed by atoms with Gasteiger partial charge in [-0.05, 0) is 46.3 Å². The maximum Gasteiger partial charge on any atom is 0.134 e. The van der Waals surface area contributed by atoms with Crippen molar-refractivity contribution in [3.8, 4) is 5.75 Å². The molecule has 0 bridgehead atoms. The van der Waals surface area contributed by atoms with Crippen LogP contribution in [0.2, 0.25) is 0 Å². The Kier molecular flexibility index (Phi) is 4.02. The van der Waals surface area contributed by atoms with Gasteiger partial charge >= 0.3 is 0 Å². The number of pyridine rings is 1. The first kappa shape index (κ1) is 12.4. The fraction of sp³-hybridized carbons (Fsp3) is 0.0833. The van der Waals surface area contributed by atoms with Crippen LogP contribution in [0.15, 0.2) is 45.5 Å². The monoisotopic (exact) mass is 356 g/mol. The van der Waals surface area contributed by atoms with E-state index >= 15 is 0 Å². The maximum absolute atomic E-state index is 5.67. The minimum absolute atomic E-state index is 0.394. The van der Waals surface area contributed by atoms with Gasteiger partial charge in [-0.3, -0.25) is 4.98 Å². The van der Waals surface area contributed by atoms with Gasteiger partial charge in [0.1, 0.15) is 12.4 Å². The lowest BCUT2D eigenvalue weighted by atomic mass is 10.3. The molecule has 5 heteroatoms. The average molecular weight is 358 g/mol. The number of hydrogen-bond donors (Lipinski definition) is 1. The molecule has 88 valence electrons. The normalized spacial score (nSPS) is 10.2. The molecule has 2 rings (SSSR count). The zero-order valence-electron chi connectivity index (χ0n) is 8.86. The molecule has 1 aromatic carbocycles. The van der Waals surface area contributed by atoms with Crippen LogP contribution < -0.4 is 10.5 Å². The van der Waals surface area contributed by atoms with E-state index in [-0.39, 0.29) is 0 Å². The van der Waals surface area contributed by atoms with Gasteiger partial charge in [0.2, 0.25) is 0 Å². The second kappa shape index (κ2) is 5.51. The molecular weight excluding hydrogens is 348 g/mol. The molecule has 0 radical (unpaired) electrons. The number of hydrogen-bond acceptors (Lipinski definition) is 3. The highest BCUT2D eigenvalue weighted by Gasteiger charge is 2.03. The summed E-state index contributed by atoms with van der Waals surface area (Å²) < 4.78 is 7.54. The van der Waals surface area contributed by atoms with Crippen molar-refractivity contribution in [2.24, 2.45) is 0 Å². The highest BCUT2D eigenvalue weighted by Crippen LogP contribution is 2.28. The van der Waals surface area contributed by atoms with E-state index in [1.807, 2.05) is 18.2 Å². The lowest BCUT2D eigenvalue weighted by Crippen LogP contribution is -1.99. The molecule has 1 heterocycles. The predicted molar refractivity (Wildman–Crippen MR) is 74.8 cm³/mol. The van der Waals surface area contributed by atoms with E-state index in [0.717, 1.165) is 20.4 Å². The highest BCUT2D eigenvalue weighted by atomic mass is 79.9. The van der Waals surface area contributed by atoms with Gasteiger partial charge in [-0.15, -0.1) is 0 Å². The molecule has 0 aliphatic carbocycles. The number of halogens is 2. The molecule has 2 aromatic rings. The SMILES string of the molecule is Nc1ccnc(COc2ccc(Br)cc2Br)c1. The molecule has 3 nitrogen and oxygen atoms in total. The number of rotatable bonds is 3. The van der Waals surface area contributed by atoms with Crippen LogP contribution in [-0.4, -0.2) is 4.98 Å². The van der Waals surface area contributed by atoms with E-state index in [0.29, 0.717) is 12.3 Å². The molecule has 0 saturated carbocycles. The van der Waals surface area contributed by atoms with E-state index in [1.54, 1.807) is 18.3 Å². The Labute approximate surface area is 116 Å². The predicted octanol–water partition coefficient (Wildman–Crippen LogP) is 3.77. The van der Waals surface area contributed by atoms with Crippen molar-refractivity contribution in [1.82, 2.24) is 4.98 Å². The average Bonchev–Trinajstić information content (AvgIpc) is 2.28. The van der Waals surface area contributed by atoms with Crippen molar-refractivity contribution in [1.29, 1.82) is 0 Å². The Morgan fingerprint density at radius 1 is 1.18 bits per heavy atom. The summed E-state index contributed by atoms with van der Waals surface area (Å²) in [5.41, 5.74) is 7.16. The number of nitrogens with zero attached hydrogens (tertiary/aromatic N) is 1. The number of benzene rings is 1. The lowest BCUT2D eigenvalue weighted by molar-refractivity contribution is 0.299. The van der Waals surface area contributed by atoms with Gasteiger partial charge in [-0.25, -0.2) is 0 Å². The summed E-state index contributed by atoms with van der Waals surface area (Å²) in [6.45, 7) is 0.394. The van der Waals surface area contributed by atoms with Gasteiger partial charge in [0.05, 0.1) is 10.2 Å². The molecule has 0 fully saturated rings. The number of nitrogen functional groups attached to an aromatic ring is 1. The lowest BCUT2D eigenvalue weighted by Gasteiger charge is -2.08. The van der Waals surface area contributed by atoms with Crippen LogP contribution in [0.25, 0.3) is 0 Å². The van der Waals surface area contributed by atoms with E-state index in [9.17, 15) is 0 Å². The molecule has 0 atom stereocenters. The second-order valence-electron chi connectivity index (χ2n) is 3.44. The van der Waals surface area contributed by atoms with Crippen molar-refractivity contribution in [3.05, 3.63) is 51.2 Å². The van der Waals surface area contributed by atoms with E-state index in [2.05, 4.69) is 36.8 Å². The fourth-order valence-corrected chi connectivity index (χ4v) is 2.48. The second-order valence-corrected chi connectivity index (χ2v) is 5.21. The molecule has 0 aliphatic heterocycles. The van der Waals surface area contributed by atoms with E-state index < -0.39 is 0 Å². The Bertz CT molecular complexity index is 532. The third-order valence-electron chi connectivity index (χ3n) is 2.11. The molecule has 0 unspecified atom stereocenters. The van der Waals surface area contributed by atoms with Crippen LogP contribution in [0, 0.1) is 0 Å². The summed E-state index contributed by atoms with van der Waals surface area (Å²) in [5, 5.41) is 0. The zero-order valence-corrected chi connectivity index (χ0v) is 12.0. The largest absolute Gasteiger partial charge is 0.486 e. The van der Waals surface area contributed by atoms with Crippen LogP contribution in [0.3, 0.4) is 0 Å². The third kappa shape index (κ3) is 3.44. The van der Waals surface area contributed by atoms with Crippen LogP contribution in [0.1, 0.15) is 5.69 Å². The van der Waals surface area contributed by atoms with Crippen LogP contribution in [0.4, 0.5) is 5.69 Å². The van der Waals surface area contributed by atoms with Gasteiger partial charge in [0.15, 0.2) is 0 Å². The third-order valence-corrected chi connectivity index (χ3v) is 3.22. The molecule has 0 aliphatic rings. The quantitative estimate of drug-likeness (QED) is 0.909. The minimum Gasteiger partial charge on any atom is -0.486 e. The first-order chi connectivity index (χ1) is 8.15. The smallest absolute Gasteiger partial charge is 0.134 e. The van der Waals surface area contributed by atoms with Crippen LogP contribution in [0.5, 0.6) is 5.75 Å². The molecule has 2 N–H and O–H groups in total. The number of aromatic nitrogens is 1. The van der Waals surface area contributed by atoms with E-state index in [1.165, 1.54) is 0 Å². The summed E-state index contributed by atoms with van der Waals surface area (Å²) in [7, 11) is 0. The van der Waals surface area contributed by atoms with Gasteiger partial charge in [-0.2, -0.15) is 0 Å². The molecule has 0 amide bonds. The van der Waals surface area contributed by atoms with Crippen molar-refractivity contribution in [3.63, 3.8) is 0 Å². The molecule has 0 spiro atoms. The van der Waals surface area contributed by atoms with Crippen molar-refractivity contribution >= 4 is 37.5 Å². The van der Waals surface area contributed by atoms with Gasteiger partial charge in [-0.1, -0.05) is 15.9 Å². The number of nitrogens with two attached hydrogens (primary N) is 1. The highest BCUT2D eigenvalue weighted by molar-refractivity contribution is 9.11. The Morgan fingerprint density at radius 2 is 2.00 bits per heavy atom. The van der Waals surface area contributed by atoms with Crippen molar-refractivity contribution < 1.29 is 4.74 Å². The first-order valence-corrected chi connectivity index (χ1v) is 6.52. The summed E-state index contributed by atoms with van der Waals surface area (Å²) in [6, 6.07) is 9.29. The molecular formula is C12H10Br2N2O. The summed E-state index contributed by atoms with van der Waals surface area (Å²) in [4.78, 5) is 4.17. The zero-order chi connectivity index (χ0) is 12.3. The first-order valence-electron chi connectivity index (χ1n) is 4.93. The summed E-state index contributed by atoms with van der Waals surface area (Å²) in [6.07, 6.45) is 1.67. The molecule has 1 aromatic heterocycles. The van der Waals surface area contributed by atoms with E-state index in [4.69, 9.17) is 10.5 Å². The fourth-order valence-electron chi connectivity index (χ4n) is 1.32. The topological polar surface area (TPSA) is 48.1 Å².